The number of unbranched alkanes of at least 4 members (excludes halogenated alkanes) is 1. The van der Waals surface area contributed by atoms with E-state index in [0.717, 1.165) is 16.7 Å². The highest BCUT2D eigenvalue weighted by Gasteiger charge is 2.49. The van der Waals surface area contributed by atoms with E-state index >= 15 is 52.7 Å². The van der Waals surface area contributed by atoms with Crippen LogP contribution in [0.5, 0.6) is 11.5 Å². The molecule has 0 aliphatic carbocycles. The van der Waals surface area contributed by atoms with Gasteiger partial charge in [0.05, 0.1) is 24.4 Å². The van der Waals surface area contributed by atoms with Crippen LogP contribution in [0.4, 0.5) is 0 Å². The summed E-state index contributed by atoms with van der Waals surface area (Å²) in [6, 6.07) is 29.6. The van der Waals surface area contributed by atoms with Gasteiger partial charge in [-0.3, -0.25) is 71.9 Å². The Morgan fingerprint density at radius 2 is 1.00 bits per heavy atom. The number of carbonyl (C=O) groups is 15. The number of amides is 13. The number of thioether (sulfide) groups is 1. The molecule has 32 nitrogen and oxygen atoms in total. The first-order valence-corrected chi connectivity index (χ1v) is 46.1. The van der Waals surface area contributed by atoms with Gasteiger partial charge in [0.2, 0.25) is 76.8 Å². The van der Waals surface area contributed by atoms with Crippen LogP contribution in [-0.4, -0.2) is 265 Å². The number of hydrogen-bond donors (Lipinski definition) is 11. The molecule has 13 amide bonds. The van der Waals surface area contributed by atoms with E-state index in [1.54, 1.807) is 149 Å². The third-order valence-corrected chi connectivity index (χ3v) is 25.7. The first-order valence-electron chi connectivity index (χ1n) is 44.9. The molecule has 3 saturated heterocycles. The van der Waals surface area contributed by atoms with Crippen molar-refractivity contribution in [2.45, 2.75) is 210 Å². The number of para-hydroxylation sites is 1. The number of aromatic hydroxyl groups is 2. The number of nitrogens with zero attached hydrogens (tertiary/aromatic N) is 6. The van der Waals surface area contributed by atoms with Crippen LogP contribution < -0.4 is 43.4 Å². The third kappa shape index (κ3) is 27.9. The van der Waals surface area contributed by atoms with Crippen LogP contribution in [0.25, 0.3) is 10.9 Å². The number of phenols is 2. The topological polar surface area (TPSA) is 456 Å². The summed E-state index contributed by atoms with van der Waals surface area (Å²) in [6.45, 7) is 8.27. The van der Waals surface area contributed by atoms with Crippen LogP contribution >= 0.6 is 11.8 Å². The lowest BCUT2D eigenvalue weighted by molar-refractivity contribution is -0.154. The van der Waals surface area contributed by atoms with E-state index < -0.39 is 204 Å². The molecule has 0 radical (unpaired) electrons. The molecule has 10 rings (SSSR count). The molecule has 700 valence electrons. The zero-order valence-electron chi connectivity index (χ0n) is 75.9. The van der Waals surface area contributed by atoms with Gasteiger partial charge in [-0.25, -0.2) is 0 Å². The second kappa shape index (κ2) is 47.7. The summed E-state index contributed by atoms with van der Waals surface area (Å²) >= 11 is 0.900. The lowest BCUT2D eigenvalue weighted by atomic mass is 9.86. The second-order valence-corrected chi connectivity index (χ2v) is 36.4. The maximum absolute atomic E-state index is 15.8. The molecule has 1 aromatic heterocycles. The van der Waals surface area contributed by atoms with Crippen molar-refractivity contribution in [1.29, 1.82) is 0 Å². The summed E-state index contributed by atoms with van der Waals surface area (Å²) in [4.78, 5) is 237. The summed E-state index contributed by atoms with van der Waals surface area (Å²) in [6.07, 6.45) is 1.11. The molecule has 0 spiro atoms. The number of primary amides is 1. The Morgan fingerprint density at radius 3 is 1.58 bits per heavy atom. The molecule has 13 atom stereocenters. The molecule has 0 unspecified atom stereocenters. The molecule has 6 aromatic carbocycles. The Balaban J connectivity index is 1.04. The fraction of sp³-hybridized carbons (Fsp3) is 0.459. The maximum Gasteiger partial charge on any atom is 0.246 e. The van der Waals surface area contributed by atoms with Gasteiger partial charge in [0.15, 0.2) is 11.6 Å². The van der Waals surface area contributed by atoms with Crippen LogP contribution in [0.2, 0.25) is 0 Å². The van der Waals surface area contributed by atoms with Gasteiger partial charge in [-0.2, -0.15) is 0 Å². The number of H-pyrrole nitrogens is 1. The number of aromatic nitrogens is 1. The van der Waals surface area contributed by atoms with Gasteiger partial charge in [-0.15, -0.1) is 11.8 Å². The fourth-order valence-electron chi connectivity index (χ4n) is 17.3. The number of hydrogen-bond acceptors (Lipinski definition) is 19. The molecular weight excluding hydrogens is 1690 g/mol. The molecule has 7 aromatic rings. The summed E-state index contributed by atoms with van der Waals surface area (Å²) in [5, 5.41) is 38.4. The van der Waals surface area contributed by atoms with Crippen molar-refractivity contribution >= 4 is 111 Å². The van der Waals surface area contributed by atoms with Gasteiger partial charge in [-0.05, 0) is 108 Å². The van der Waals surface area contributed by atoms with E-state index in [1.807, 2.05) is 6.92 Å². The molecule has 3 aliphatic heterocycles. The molecule has 0 saturated carbocycles. The van der Waals surface area contributed by atoms with Crippen molar-refractivity contribution in [3.05, 3.63) is 203 Å². The maximum atomic E-state index is 15.8. The monoisotopic (exact) mass is 1820 g/mol. The van der Waals surface area contributed by atoms with Gasteiger partial charge in [0.1, 0.15) is 65.9 Å². The number of fused-ring (bicyclic) bond motifs is 3. The quantitative estimate of drug-likeness (QED) is 0.0418. The van der Waals surface area contributed by atoms with Crippen molar-refractivity contribution in [3.63, 3.8) is 0 Å². The van der Waals surface area contributed by atoms with Crippen molar-refractivity contribution in [3.8, 4) is 11.5 Å². The van der Waals surface area contributed by atoms with Gasteiger partial charge in [-0.1, -0.05) is 181 Å². The smallest absolute Gasteiger partial charge is 0.246 e. The highest BCUT2D eigenvalue weighted by molar-refractivity contribution is 8.00. The van der Waals surface area contributed by atoms with E-state index in [-0.39, 0.29) is 100 Å². The number of aromatic amines is 1. The largest absolute Gasteiger partial charge is 0.508 e. The minimum atomic E-state index is -1.56. The van der Waals surface area contributed by atoms with Crippen LogP contribution in [-0.2, 0) is 110 Å². The summed E-state index contributed by atoms with van der Waals surface area (Å²) in [5.41, 5.74) is 16.2. The lowest BCUT2D eigenvalue weighted by Gasteiger charge is -2.38. The summed E-state index contributed by atoms with van der Waals surface area (Å²) in [5.74, 6) is -13.9. The minimum absolute atomic E-state index is 0.0136. The van der Waals surface area contributed by atoms with E-state index in [1.165, 1.54) is 101 Å². The van der Waals surface area contributed by atoms with E-state index in [4.69, 9.17) is 11.5 Å². The van der Waals surface area contributed by atoms with E-state index in [2.05, 4.69) is 36.9 Å². The normalized spacial score (nSPS) is 23.9. The predicted molar refractivity (Wildman–Crippen MR) is 495 cm³/mol. The highest BCUT2D eigenvalue weighted by Crippen LogP contribution is 2.32. The standard InChI is InChI=1S/C98H125N15O17S/c1-10-11-32-79-97(129)112-44-23-33-80(112)98(130)113-55-67(99)52-81(113)85(117)53-71(60(4)5)93(125)110(8)82(49-62-26-17-13-18-27-62)92(124)106-76(48-65-36-40-69(115)41-37-65)94(126)108(6)56-87(119)102-75(51-66-54-101-72-31-22-21-30-70(66)72)91(123)105-74(46-64-34-38-68(114)39-35-64)90(122)104-73(45-59(2)3)89(121)107-78(84(116)42-43-86(100)118)57-131-58-88(120)103-77(47-61-24-15-12-16-25-61)95(127)111(9)83(96(128)109(79)7)50-63-28-19-14-20-29-63/h12-22,24-31,34-41,54,59-60,67,71,73-83,101,114-115H,10-11,23,32-33,42-53,55-58,99H2,1-9H3,(H2,100,118)(H,102,119)(H,103,120)(H,104,122)(H,105,123)(H,106,124)(H,107,121)/t67-,71+,73+,74+,75+,76+,77+,78+,79+,80-,81+,82+,83+/m1/s1. The fourth-order valence-corrected chi connectivity index (χ4v) is 18.1. The number of Topliss-reactive ketones (excluding diaryl/α,β-unsaturated/α-hetero) is 2. The summed E-state index contributed by atoms with van der Waals surface area (Å²) in [7, 11) is 5.66. The van der Waals surface area contributed by atoms with Crippen molar-refractivity contribution in [1.82, 2.24) is 66.3 Å². The number of phenolic OH excluding ortho intramolecular Hbond substituents is 2. The van der Waals surface area contributed by atoms with Gasteiger partial charge in [0, 0.05) is 134 Å². The molecule has 3 fully saturated rings. The number of ketones is 2. The third-order valence-electron chi connectivity index (χ3n) is 24.6. The minimum Gasteiger partial charge on any atom is -0.508 e. The zero-order chi connectivity index (χ0) is 94.9. The number of benzene rings is 6. The van der Waals surface area contributed by atoms with Crippen molar-refractivity contribution < 1.29 is 82.1 Å². The Bertz CT molecular complexity index is 5160. The SMILES string of the molecule is CCCC[C@H]1C(=O)N2CCC[C@@H]2C(=O)N2C[C@H](N)C[C@H]2C(=O)C[C@@H](C(C)C)C(=O)N(C)[C@@H](Cc2ccccc2)C(=O)N[C@@H](Cc2ccc(O)cc2)C(=O)N(C)CC(=O)N[C@@H](Cc2c[nH]c3ccccc23)C(=O)N[C@@H](Cc2ccc(O)cc2)C(=O)N[C@@H](CC(C)C)C(=O)N[C@H](C(=O)CCC(N)=O)CSCC(=O)N[C@@H](Cc2ccccc2)C(=O)N(C)[C@@H](Cc2ccccc2)C(=O)N1C. The zero-order valence-corrected chi connectivity index (χ0v) is 76.8. The molecule has 0 bridgehead atoms. The van der Waals surface area contributed by atoms with Crippen molar-refractivity contribution in [2.75, 3.05) is 59.3 Å². The molecule has 13 N–H and O–H groups in total. The Labute approximate surface area is 768 Å². The average molecular weight is 1820 g/mol. The van der Waals surface area contributed by atoms with Gasteiger partial charge >= 0.3 is 0 Å². The predicted octanol–water partition coefficient (Wildman–Crippen LogP) is 5.15. The van der Waals surface area contributed by atoms with Crippen LogP contribution in [0.1, 0.15) is 132 Å². The molecule has 131 heavy (non-hydrogen) atoms. The van der Waals surface area contributed by atoms with E-state index in [0.29, 0.717) is 63.5 Å². The molecule has 4 heterocycles. The lowest BCUT2D eigenvalue weighted by Crippen LogP contribution is -2.60. The van der Waals surface area contributed by atoms with Gasteiger partial charge < -0.3 is 88.0 Å². The first-order chi connectivity index (χ1) is 62.5. The van der Waals surface area contributed by atoms with Crippen LogP contribution in [0.15, 0.2) is 170 Å². The van der Waals surface area contributed by atoms with Crippen LogP contribution in [0, 0.1) is 17.8 Å². The highest BCUT2D eigenvalue weighted by atomic mass is 32.2. The van der Waals surface area contributed by atoms with Crippen LogP contribution in [0.3, 0.4) is 0 Å². The number of nitrogens with two attached hydrogens (primary N) is 2. The van der Waals surface area contributed by atoms with Gasteiger partial charge in [0.25, 0.3) is 0 Å². The number of carbonyl (C=O) groups excluding carboxylic acids is 15. The van der Waals surface area contributed by atoms with Crippen molar-refractivity contribution in [2.24, 2.45) is 29.2 Å². The Hall–Kier alpha value is -12.8. The molecule has 33 heteroatoms. The average Bonchev–Trinajstić information content (AvgIpc) is 1.65. The Kier molecular flexibility index (Phi) is 36.5. The first kappa shape index (κ1) is 100. The van der Waals surface area contributed by atoms with E-state index in [9.17, 15) is 29.4 Å². The molecular formula is C98H125N15O17S. The number of rotatable bonds is 22. The number of nitrogens with one attached hydrogen (secondary N) is 7. The Morgan fingerprint density at radius 1 is 0.496 bits per heavy atom. The summed E-state index contributed by atoms with van der Waals surface area (Å²) < 4.78 is 0. The molecule has 3 aliphatic rings. The number of likely N-dealkylation sites (N-methyl/N-ethyl adjacent to an activating group) is 4. The second-order valence-electron chi connectivity index (χ2n) is 35.4.